The first kappa shape index (κ1) is 19.5. The van der Waals surface area contributed by atoms with Crippen LogP contribution in [0.25, 0.3) is 10.9 Å². The number of amides is 1. The molecule has 0 spiro atoms. The monoisotopic (exact) mass is 409 g/mol. The molecule has 1 fully saturated rings. The number of hydrogen-bond acceptors (Lipinski definition) is 3. The van der Waals surface area contributed by atoms with Crippen LogP contribution in [-0.4, -0.2) is 47.3 Å². The van der Waals surface area contributed by atoms with Crippen molar-refractivity contribution >= 4 is 39.9 Å². The standard InChI is InChI=1S/C23H24ClN3O2/c1-17(28)19-16-27(21-8-4-2-6-18(19)21)11-10-23(29)26-14-12-25(13-15-26)22-9-5-3-7-20(22)24/h2-9,16H,10-15H2,1H3. The molecule has 4 rings (SSSR count). The maximum absolute atomic E-state index is 12.8. The van der Waals surface area contributed by atoms with Crippen LogP contribution in [0.1, 0.15) is 23.7 Å². The number of aromatic nitrogens is 1. The number of anilines is 1. The largest absolute Gasteiger partial charge is 0.367 e. The van der Waals surface area contributed by atoms with Gasteiger partial charge in [0.2, 0.25) is 5.91 Å². The number of fused-ring (bicyclic) bond motifs is 1. The number of aryl methyl sites for hydroxylation is 1. The zero-order chi connectivity index (χ0) is 20.4. The normalized spacial score (nSPS) is 14.4. The first-order valence-corrected chi connectivity index (χ1v) is 10.3. The summed E-state index contributed by atoms with van der Waals surface area (Å²) in [7, 11) is 0. The van der Waals surface area contributed by atoms with E-state index in [0.29, 0.717) is 31.6 Å². The smallest absolute Gasteiger partial charge is 0.224 e. The van der Waals surface area contributed by atoms with Gasteiger partial charge in [0, 0.05) is 61.8 Å². The number of carbonyl (C=O) groups excluding carboxylic acids is 2. The summed E-state index contributed by atoms with van der Waals surface area (Å²) in [6.45, 7) is 5.07. The minimum atomic E-state index is 0.0435. The molecule has 6 heteroatoms. The van der Waals surface area contributed by atoms with Crippen molar-refractivity contribution in [1.29, 1.82) is 0 Å². The van der Waals surface area contributed by atoms with Gasteiger partial charge in [0.1, 0.15) is 0 Å². The molecule has 150 valence electrons. The van der Waals surface area contributed by atoms with Gasteiger partial charge in [-0.2, -0.15) is 0 Å². The van der Waals surface area contributed by atoms with Gasteiger partial charge in [0.25, 0.3) is 0 Å². The summed E-state index contributed by atoms with van der Waals surface area (Å²) in [5.41, 5.74) is 2.73. The summed E-state index contributed by atoms with van der Waals surface area (Å²) in [5.74, 6) is 0.188. The summed E-state index contributed by atoms with van der Waals surface area (Å²) in [5, 5.41) is 1.69. The van der Waals surface area contributed by atoms with E-state index < -0.39 is 0 Å². The highest BCUT2D eigenvalue weighted by Gasteiger charge is 2.22. The summed E-state index contributed by atoms with van der Waals surface area (Å²) >= 11 is 6.30. The molecule has 0 unspecified atom stereocenters. The number of piperazine rings is 1. The number of ketones is 1. The number of para-hydroxylation sites is 2. The van der Waals surface area contributed by atoms with Crippen LogP contribution in [-0.2, 0) is 11.3 Å². The number of hydrogen-bond donors (Lipinski definition) is 0. The maximum Gasteiger partial charge on any atom is 0.224 e. The van der Waals surface area contributed by atoms with E-state index in [1.165, 1.54) is 0 Å². The van der Waals surface area contributed by atoms with Crippen LogP contribution >= 0.6 is 11.6 Å². The fraction of sp³-hybridized carbons (Fsp3) is 0.304. The van der Waals surface area contributed by atoms with E-state index in [0.717, 1.165) is 34.7 Å². The molecule has 2 heterocycles. The van der Waals surface area contributed by atoms with Gasteiger partial charge in [-0.05, 0) is 25.1 Å². The van der Waals surface area contributed by atoms with E-state index in [1.807, 2.05) is 64.2 Å². The van der Waals surface area contributed by atoms with Crippen LogP contribution in [0, 0.1) is 0 Å². The summed E-state index contributed by atoms with van der Waals surface area (Å²) in [6.07, 6.45) is 2.29. The lowest BCUT2D eigenvalue weighted by Gasteiger charge is -2.36. The van der Waals surface area contributed by atoms with E-state index in [1.54, 1.807) is 6.92 Å². The van der Waals surface area contributed by atoms with Crippen molar-refractivity contribution in [1.82, 2.24) is 9.47 Å². The van der Waals surface area contributed by atoms with Crippen molar-refractivity contribution < 1.29 is 9.59 Å². The topological polar surface area (TPSA) is 45.6 Å². The Hall–Kier alpha value is -2.79. The molecule has 0 radical (unpaired) electrons. The predicted molar refractivity (Wildman–Crippen MR) is 117 cm³/mol. The Balaban J connectivity index is 1.38. The summed E-state index contributed by atoms with van der Waals surface area (Å²) < 4.78 is 2.02. The molecular weight excluding hydrogens is 386 g/mol. The Kier molecular flexibility index (Phi) is 5.58. The Morgan fingerprint density at radius 1 is 0.966 bits per heavy atom. The lowest BCUT2D eigenvalue weighted by molar-refractivity contribution is -0.131. The average molecular weight is 410 g/mol. The van der Waals surface area contributed by atoms with Crippen LogP contribution in [0.2, 0.25) is 5.02 Å². The Labute approximate surface area is 175 Å². The van der Waals surface area contributed by atoms with Crippen molar-refractivity contribution in [2.75, 3.05) is 31.1 Å². The highest BCUT2D eigenvalue weighted by Crippen LogP contribution is 2.26. The number of benzene rings is 2. The van der Waals surface area contributed by atoms with Crippen molar-refractivity contribution in [3.05, 3.63) is 65.3 Å². The van der Waals surface area contributed by atoms with Crippen molar-refractivity contribution in [2.45, 2.75) is 19.9 Å². The van der Waals surface area contributed by atoms with Gasteiger partial charge in [-0.1, -0.05) is 41.9 Å². The minimum Gasteiger partial charge on any atom is -0.367 e. The van der Waals surface area contributed by atoms with Gasteiger partial charge < -0.3 is 14.4 Å². The molecular formula is C23H24ClN3O2. The molecule has 0 bridgehead atoms. The van der Waals surface area contributed by atoms with Crippen LogP contribution in [0.4, 0.5) is 5.69 Å². The molecule has 1 amide bonds. The summed E-state index contributed by atoms with van der Waals surface area (Å²) in [4.78, 5) is 28.8. The Bertz CT molecular complexity index is 1050. The first-order chi connectivity index (χ1) is 14.0. The van der Waals surface area contributed by atoms with E-state index in [9.17, 15) is 9.59 Å². The van der Waals surface area contributed by atoms with E-state index in [-0.39, 0.29) is 11.7 Å². The molecule has 1 aliphatic heterocycles. The molecule has 1 aliphatic rings. The molecule has 1 aromatic heterocycles. The number of halogens is 1. The van der Waals surface area contributed by atoms with Gasteiger partial charge in [-0.3, -0.25) is 9.59 Å². The highest BCUT2D eigenvalue weighted by molar-refractivity contribution is 6.33. The zero-order valence-electron chi connectivity index (χ0n) is 16.5. The average Bonchev–Trinajstić information content (AvgIpc) is 3.12. The SMILES string of the molecule is CC(=O)c1cn(CCC(=O)N2CCN(c3ccccc3Cl)CC2)c2ccccc12. The van der Waals surface area contributed by atoms with E-state index >= 15 is 0 Å². The van der Waals surface area contributed by atoms with E-state index in [4.69, 9.17) is 11.6 Å². The second kappa shape index (κ2) is 8.29. The summed E-state index contributed by atoms with van der Waals surface area (Å²) in [6, 6.07) is 15.7. The molecule has 0 saturated carbocycles. The second-order valence-electron chi connectivity index (χ2n) is 7.38. The second-order valence-corrected chi connectivity index (χ2v) is 7.79. The lowest BCUT2D eigenvalue weighted by atomic mass is 10.1. The number of nitrogens with zero attached hydrogens (tertiary/aromatic N) is 3. The quantitative estimate of drug-likeness (QED) is 0.592. The van der Waals surface area contributed by atoms with Gasteiger partial charge in [-0.15, -0.1) is 0 Å². The fourth-order valence-corrected chi connectivity index (χ4v) is 4.25. The van der Waals surface area contributed by atoms with Crippen molar-refractivity contribution in [2.24, 2.45) is 0 Å². The molecule has 2 aromatic carbocycles. The fourth-order valence-electron chi connectivity index (χ4n) is 3.99. The van der Waals surface area contributed by atoms with Gasteiger partial charge in [0.15, 0.2) is 5.78 Å². The molecule has 0 atom stereocenters. The maximum atomic E-state index is 12.8. The molecule has 0 N–H and O–H groups in total. The van der Waals surface area contributed by atoms with Crippen LogP contribution < -0.4 is 4.90 Å². The Morgan fingerprint density at radius 3 is 2.38 bits per heavy atom. The van der Waals surface area contributed by atoms with Gasteiger partial charge in [0.05, 0.1) is 10.7 Å². The number of Topliss-reactive ketones (excluding diaryl/α,β-unsaturated/α-hetero) is 1. The first-order valence-electron chi connectivity index (χ1n) is 9.90. The van der Waals surface area contributed by atoms with Crippen LogP contribution in [0.15, 0.2) is 54.7 Å². The molecule has 0 aliphatic carbocycles. The van der Waals surface area contributed by atoms with Crippen LogP contribution in [0.5, 0.6) is 0 Å². The zero-order valence-corrected chi connectivity index (χ0v) is 17.2. The van der Waals surface area contributed by atoms with Crippen LogP contribution in [0.3, 0.4) is 0 Å². The lowest BCUT2D eigenvalue weighted by Crippen LogP contribution is -2.49. The molecule has 29 heavy (non-hydrogen) atoms. The van der Waals surface area contributed by atoms with Crippen molar-refractivity contribution in [3.63, 3.8) is 0 Å². The molecule has 1 saturated heterocycles. The third-order valence-corrected chi connectivity index (χ3v) is 5.88. The third-order valence-electron chi connectivity index (χ3n) is 5.56. The number of carbonyl (C=O) groups is 2. The number of rotatable bonds is 5. The van der Waals surface area contributed by atoms with Gasteiger partial charge in [-0.25, -0.2) is 0 Å². The molecule has 3 aromatic rings. The minimum absolute atomic E-state index is 0.0435. The Morgan fingerprint density at radius 2 is 1.66 bits per heavy atom. The van der Waals surface area contributed by atoms with E-state index in [2.05, 4.69) is 4.90 Å². The van der Waals surface area contributed by atoms with Gasteiger partial charge >= 0.3 is 0 Å². The van der Waals surface area contributed by atoms with Crippen molar-refractivity contribution in [3.8, 4) is 0 Å². The predicted octanol–water partition coefficient (Wildman–Crippen LogP) is 4.24. The molecule has 5 nitrogen and oxygen atoms in total. The highest BCUT2D eigenvalue weighted by atomic mass is 35.5. The third kappa shape index (κ3) is 4.01.